The van der Waals surface area contributed by atoms with Crippen LogP contribution in [0, 0.1) is 5.41 Å². The number of piperazine rings is 1. The molecule has 0 unspecified atom stereocenters. The summed E-state index contributed by atoms with van der Waals surface area (Å²) < 4.78 is 0. The normalized spacial score (nSPS) is 16.0. The van der Waals surface area contributed by atoms with E-state index < -0.39 is 0 Å². The molecule has 1 aromatic carbocycles. The zero-order chi connectivity index (χ0) is 15.6. The third-order valence-electron chi connectivity index (χ3n) is 3.63. The SMILES string of the molecule is CC(C)(C)C(=O)N1CCN(C(=O)c2ccccc2S)CC1. The number of nitrogens with zero attached hydrogens (tertiary/aromatic N) is 2. The molecular formula is C16H22N2O2S. The van der Waals surface area contributed by atoms with Crippen LogP contribution in [-0.2, 0) is 4.79 Å². The Morgan fingerprint density at radius 3 is 2.05 bits per heavy atom. The van der Waals surface area contributed by atoms with E-state index in [2.05, 4.69) is 12.6 Å². The predicted octanol–water partition coefficient (Wildman–Crippen LogP) is 2.31. The number of thiol groups is 1. The van der Waals surface area contributed by atoms with Gasteiger partial charge in [-0.1, -0.05) is 32.9 Å². The number of hydrogen-bond donors (Lipinski definition) is 1. The number of carbonyl (C=O) groups excluding carboxylic acids is 2. The van der Waals surface area contributed by atoms with Crippen LogP contribution in [0.1, 0.15) is 31.1 Å². The van der Waals surface area contributed by atoms with Crippen molar-refractivity contribution in [3.05, 3.63) is 29.8 Å². The van der Waals surface area contributed by atoms with Gasteiger partial charge in [0.2, 0.25) is 5.91 Å². The average molecular weight is 306 g/mol. The van der Waals surface area contributed by atoms with E-state index in [0.29, 0.717) is 36.6 Å². The Morgan fingerprint density at radius 2 is 1.52 bits per heavy atom. The minimum absolute atomic E-state index is 0.0107. The summed E-state index contributed by atoms with van der Waals surface area (Å²) in [5.41, 5.74) is 0.251. The lowest BCUT2D eigenvalue weighted by Crippen LogP contribution is -2.53. The maximum atomic E-state index is 12.5. The van der Waals surface area contributed by atoms with Crippen molar-refractivity contribution in [2.75, 3.05) is 26.2 Å². The Morgan fingerprint density at radius 1 is 1.00 bits per heavy atom. The van der Waals surface area contributed by atoms with Crippen molar-refractivity contribution < 1.29 is 9.59 Å². The smallest absolute Gasteiger partial charge is 0.255 e. The lowest BCUT2D eigenvalue weighted by molar-refractivity contribution is -0.140. The molecule has 2 amide bonds. The molecule has 0 aliphatic carbocycles. The Hall–Kier alpha value is -1.49. The van der Waals surface area contributed by atoms with Gasteiger partial charge in [0.05, 0.1) is 5.56 Å². The maximum absolute atomic E-state index is 12.5. The molecule has 5 heteroatoms. The molecule has 1 aliphatic heterocycles. The minimum atomic E-state index is -0.371. The molecule has 0 bridgehead atoms. The fourth-order valence-electron chi connectivity index (χ4n) is 2.41. The molecule has 2 rings (SSSR count). The van der Waals surface area contributed by atoms with Crippen LogP contribution < -0.4 is 0 Å². The van der Waals surface area contributed by atoms with Crippen LogP contribution in [0.4, 0.5) is 0 Å². The predicted molar refractivity (Wildman–Crippen MR) is 85.6 cm³/mol. The second-order valence-corrected chi connectivity index (χ2v) is 6.83. The van der Waals surface area contributed by atoms with Crippen molar-refractivity contribution in [3.8, 4) is 0 Å². The van der Waals surface area contributed by atoms with Crippen molar-refractivity contribution in [2.45, 2.75) is 25.7 Å². The van der Waals surface area contributed by atoms with Gasteiger partial charge in [0.15, 0.2) is 0 Å². The van der Waals surface area contributed by atoms with E-state index in [1.54, 1.807) is 11.0 Å². The Bertz CT molecular complexity index is 543. The van der Waals surface area contributed by atoms with Gasteiger partial charge in [0.1, 0.15) is 0 Å². The van der Waals surface area contributed by atoms with E-state index >= 15 is 0 Å². The standard InChI is InChI=1S/C16H22N2O2S/c1-16(2,3)15(20)18-10-8-17(9-11-18)14(19)12-6-4-5-7-13(12)21/h4-7,21H,8-11H2,1-3H3. The highest BCUT2D eigenvalue weighted by Gasteiger charge is 2.31. The van der Waals surface area contributed by atoms with Gasteiger partial charge in [-0.25, -0.2) is 0 Å². The summed E-state index contributed by atoms with van der Waals surface area (Å²) in [7, 11) is 0. The molecule has 0 saturated carbocycles. The molecule has 4 nitrogen and oxygen atoms in total. The van der Waals surface area contributed by atoms with Gasteiger partial charge >= 0.3 is 0 Å². The van der Waals surface area contributed by atoms with Crippen molar-refractivity contribution in [1.82, 2.24) is 9.80 Å². The summed E-state index contributed by atoms with van der Waals surface area (Å²) in [4.78, 5) is 29.0. The van der Waals surface area contributed by atoms with E-state index in [-0.39, 0.29) is 17.2 Å². The van der Waals surface area contributed by atoms with Crippen LogP contribution in [0.25, 0.3) is 0 Å². The van der Waals surface area contributed by atoms with Gasteiger partial charge in [0, 0.05) is 36.5 Å². The summed E-state index contributed by atoms with van der Waals surface area (Å²) in [5, 5.41) is 0. The molecule has 1 saturated heterocycles. The van der Waals surface area contributed by atoms with Gasteiger partial charge in [-0.2, -0.15) is 0 Å². The number of hydrogen-bond acceptors (Lipinski definition) is 3. The lowest BCUT2D eigenvalue weighted by Gasteiger charge is -2.37. The Balaban J connectivity index is 2.00. The van der Waals surface area contributed by atoms with Crippen LogP contribution in [-0.4, -0.2) is 47.8 Å². The third kappa shape index (κ3) is 3.59. The second kappa shape index (κ2) is 6.10. The highest BCUT2D eigenvalue weighted by molar-refractivity contribution is 7.80. The Kier molecular flexibility index (Phi) is 4.61. The molecule has 1 aliphatic rings. The minimum Gasteiger partial charge on any atom is -0.339 e. The highest BCUT2D eigenvalue weighted by Crippen LogP contribution is 2.20. The van der Waals surface area contributed by atoms with Gasteiger partial charge in [0.25, 0.3) is 5.91 Å². The fraction of sp³-hybridized carbons (Fsp3) is 0.500. The highest BCUT2D eigenvalue weighted by atomic mass is 32.1. The largest absolute Gasteiger partial charge is 0.339 e. The first-order valence-electron chi connectivity index (χ1n) is 7.17. The maximum Gasteiger partial charge on any atom is 0.255 e. The number of rotatable bonds is 1. The lowest BCUT2D eigenvalue weighted by atomic mass is 9.94. The second-order valence-electron chi connectivity index (χ2n) is 6.35. The first kappa shape index (κ1) is 15.9. The molecule has 0 radical (unpaired) electrons. The van der Waals surface area contributed by atoms with Crippen molar-refractivity contribution in [1.29, 1.82) is 0 Å². The number of carbonyl (C=O) groups is 2. The monoisotopic (exact) mass is 306 g/mol. The molecule has 1 heterocycles. The number of amides is 2. The molecule has 0 aromatic heterocycles. The first-order valence-corrected chi connectivity index (χ1v) is 7.62. The quantitative estimate of drug-likeness (QED) is 0.809. The van der Waals surface area contributed by atoms with Crippen LogP contribution in [0.15, 0.2) is 29.2 Å². The molecular weight excluding hydrogens is 284 g/mol. The molecule has 1 fully saturated rings. The zero-order valence-corrected chi connectivity index (χ0v) is 13.7. The summed E-state index contributed by atoms with van der Waals surface area (Å²) >= 11 is 4.33. The van der Waals surface area contributed by atoms with Crippen LogP contribution in [0.3, 0.4) is 0 Å². The Labute approximate surface area is 131 Å². The molecule has 0 atom stereocenters. The van der Waals surface area contributed by atoms with E-state index in [1.807, 2.05) is 43.9 Å². The molecule has 0 spiro atoms. The van der Waals surface area contributed by atoms with E-state index in [1.165, 1.54) is 0 Å². The third-order valence-corrected chi connectivity index (χ3v) is 4.02. The van der Waals surface area contributed by atoms with Gasteiger partial charge in [-0.3, -0.25) is 9.59 Å². The molecule has 21 heavy (non-hydrogen) atoms. The van der Waals surface area contributed by atoms with Gasteiger partial charge in [-0.15, -0.1) is 12.6 Å². The van der Waals surface area contributed by atoms with Crippen LogP contribution in [0.5, 0.6) is 0 Å². The summed E-state index contributed by atoms with van der Waals surface area (Å²) in [6.45, 7) is 8.09. The molecule has 1 aromatic rings. The van der Waals surface area contributed by atoms with Gasteiger partial charge < -0.3 is 9.80 Å². The molecule has 0 N–H and O–H groups in total. The van der Waals surface area contributed by atoms with Crippen LogP contribution >= 0.6 is 12.6 Å². The summed E-state index contributed by atoms with van der Waals surface area (Å²) in [5.74, 6) is 0.132. The van der Waals surface area contributed by atoms with E-state index in [0.717, 1.165) is 0 Å². The van der Waals surface area contributed by atoms with Crippen molar-refractivity contribution in [3.63, 3.8) is 0 Å². The first-order chi connectivity index (χ1) is 9.80. The summed E-state index contributed by atoms with van der Waals surface area (Å²) in [6.07, 6.45) is 0. The van der Waals surface area contributed by atoms with Crippen molar-refractivity contribution >= 4 is 24.4 Å². The topological polar surface area (TPSA) is 40.6 Å². The van der Waals surface area contributed by atoms with E-state index in [4.69, 9.17) is 0 Å². The summed E-state index contributed by atoms with van der Waals surface area (Å²) in [6, 6.07) is 7.30. The molecule has 114 valence electrons. The zero-order valence-electron chi connectivity index (χ0n) is 12.8. The van der Waals surface area contributed by atoms with Gasteiger partial charge in [-0.05, 0) is 12.1 Å². The van der Waals surface area contributed by atoms with Crippen LogP contribution in [0.2, 0.25) is 0 Å². The average Bonchev–Trinajstić information content (AvgIpc) is 2.45. The van der Waals surface area contributed by atoms with E-state index in [9.17, 15) is 9.59 Å². The van der Waals surface area contributed by atoms with Crippen molar-refractivity contribution in [2.24, 2.45) is 5.41 Å². The fourth-order valence-corrected chi connectivity index (χ4v) is 2.67. The number of benzene rings is 1.